The highest BCUT2D eigenvalue weighted by Crippen LogP contribution is 2.34. The molecule has 5 rings (SSSR count). The first-order valence-corrected chi connectivity index (χ1v) is 15.9. The number of alkyl halides is 2. The van der Waals surface area contributed by atoms with Crippen LogP contribution in [0.2, 0.25) is 0 Å². The van der Waals surface area contributed by atoms with Crippen LogP contribution in [0.5, 0.6) is 17.4 Å². The summed E-state index contributed by atoms with van der Waals surface area (Å²) in [7, 11) is 0. The van der Waals surface area contributed by atoms with E-state index in [4.69, 9.17) is 14.2 Å². The zero-order chi connectivity index (χ0) is 34.6. The number of nitrogens with zero attached hydrogens (tertiary/aromatic N) is 7. The van der Waals surface area contributed by atoms with Gasteiger partial charge in [0.25, 0.3) is 18.2 Å². The van der Waals surface area contributed by atoms with Gasteiger partial charge < -0.3 is 28.9 Å². The van der Waals surface area contributed by atoms with Crippen molar-refractivity contribution in [2.75, 3.05) is 31.1 Å². The van der Waals surface area contributed by atoms with Crippen molar-refractivity contribution in [2.24, 2.45) is 0 Å². The van der Waals surface area contributed by atoms with E-state index in [0.29, 0.717) is 57.0 Å². The number of pyridine rings is 1. The number of ether oxygens (including phenoxy) is 3. The van der Waals surface area contributed by atoms with Gasteiger partial charge in [0, 0.05) is 56.7 Å². The van der Waals surface area contributed by atoms with Crippen molar-refractivity contribution in [2.45, 2.75) is 84.6 Å². The number of anilines is 1. The summed E-state index contributed by atoms with van der Waals surface area (Å²) in [5.74, 6) is -0.578. The lowest BCUT2D eigenvalue weighted by Crippen LogP contribution is -2.41. The molecule has 2 amide bonds. The van der Waals surface area contributed by atoms with Crippen molar-refractivity contribution in [1.82, 2.24) is 30.0 Å². The normalized spacial score (nSPS) is 15.4. The molecular formula is C33H40F3N7O5. The van der Waals surface area contributed by atoms with Gasteiger partial charge in [-0.25, -0.2) is 22.9 Å². The van der Waals surface area contributed by atoms with E-state index >= 15 is 0 Å². The molecule has 1 saturated heterocycles. The summed E-state index contributed by atoms with van der Waals surface area (Å²) in [6.45, 7) is 9.76. The van der Waals surface area contributed by atoms with Crippen LogP contribution in [0, 0.1) is 5.82 Å². The number of hydrogen-bond acceptors (Lipinski definition) is 10. The second kappa shape index (κ2) is 14.6. The molecule has 48 heavy (non-hydrogen) atoms. The number of hydrogen-bond donors (Lipinski definition) is 0. The lowest BCUT2D eigenvalue weighted by atomic mass is 10.0. The van der Waals surface area contributed by atoms with E-state index in [0.717, 1.165) is 28.3 Å². The number of halogens is 3. The number of piperidine rings is 1. The Morgan fingerprint density at radius 3 is 2.50 bits per heavy atom. The quantitative estimate of drug-likeness (QED) is 0.282. The van der Waals surface area contributed by atoms with Gasteiger partial charge in [0.05, 0.1) is 24.3 Å². The molecule has 2 aliphatic heterocycles. The highest BCUT2D eigenvalue weighted by Gasteiger charge is 2.31. The molecule has 12 nitrogen and oxygen atoms in total. The third kappa shape index (κ3) is 8.42. The maximum absolute atomic E-state index is 14.3. The smallest absolute Gasteiger partial charge is 0.410 e. The number of rotatable bonds is 9. The summed E-state index contributed by atoms with van der Waals surface area (Å²) >= 11 is 0. The molecule has 0 bridgehead atoms. The Morgan fingerprint density at radius 1 is 1.06 bits per heavy atom. The molecule has 15 heteroatoms. The zero-order valence-corrected chi connectivity index (χ0v) is 27.7. The van der Waals surface area contributed by atoms with Crippen molar-refractivity contribution >= 4 is 17.8 Å². The predicted octanol–water partition coefficient (Wildman–Crippen LogP) is 5.65. The van der Waals surface area contributed by atoms with Crippen LogP contribution in [0.3, 0.4) is 0 Å². The summed E-state index contributed by atoms with van der Waals surface area (Å²) in [5, 5.41) is 7.91. The van der Waals surface area contributed by atoms with E-state index in [9.17, 15) is 22.8 Å². The van der Waals surface area contributed by atoms with Crippen LogP contribution in [0.4, 0.5) is 23.8 Å². The lowest BCUT2D eigenvalue weighted by molar-refractivity contribution is 0.0219. The van der Waals surface area contributed by atoms with E-state index in [2.05, 4.69) is 20.2 Å². The van der Waals surface area contributed by atoms with E-state index in [1.54, 1.807) is 24.9 Å². The van der Waals surface area contributed by atoms with Gasteiger partial charge in [0.15, 0.2) is 5.82 Å². The fraction of sp³-hybridized carbons (Fsp3) is 0.515. The minimum absolute atomic E-state index is 0.0204. The molecule has 0 aliphatic carbocycles. The van der Waals surface area contributed by atoms with E-state index in [1.807, 2.05) is 31.7 Å². The molecule has 1 aromatic carbocycles. The van der Waals surface area contributed by atoms with Gasteiger partial charge in [0.2, 0.25) is 0 Å². The number of carbonyl (C=O) groups is 2. The van der Waals surface area contributed by atoms with Gasteiger partial charge in [-0.05, 0) is 58.9 Å². The fourth-order valence-electron chi connectivity index (χ4n) is 5.60. The Morgan fingerprint density at radius 2 is 1.81 bits per heavy atom. The lowest BCUT2D eigenvalue weighted by Gasteiger charge is -2.35. The number of aromatic nitrogens is 4. The topological polar surface area (TPSA) is 123 Å². The van der Waals surface area contributed by atoms with E-state index < -0.39 is 36.3 Å². The van der Waals surface area contributed by atoms with Crippen LogP contribution < -0.4 is 14.4 Å². The third-order valence-corrected chi connectivity index (χ3v) is 7.93. The summed E-state index contributed by atoms with van der Waals surface area (Å²) in [5.41, 5.74) is 0.928. The monoisotopic (exact) mass is 671 g/mol. The van der Waals surface area contributed by atoms with Gasteiger partial charge in [-0.3, -0.25) is 9.78 Å². The van der Waals surface area contributed by atoms with E-state index in [1.165, 1.54) is 12.4 Å². The van der Waals surface area contributed by atoms with Crippen LogP contribution in [-0.4, -0.2) is 92.3 Å². The number of benzene rings is 1. The van der Waals surface area contributed by atoms with Crippen molar-refractivity contribution in [1.29, 1.82) is 0 Å². The Kier molecular flexibility index (Phi) is 10.5. The molecule has 0 radical (unpaired) electrons. The second-order valence-electron chi connectivity index (χ2n) is 13.0. The maximum atomic E-state index is 14.3. The van der Waals surface area contributed by atoms with Gasteiger partial charge in [-0.15, -0.1) is 10.2 Å². The first-order valence-electron chi connectivity index (χ1n) is 15.9. The average Bonchev–Trinajstić information content (AvgIpc) is 3.04. The molecular weight excluding hydrogens is 631 g/mol. The molecule has 0 N–H and O–H groups in total. The standard InChI is InChI=1S/C33H40F3N7O5/c1-20(2)43(18-28(35)36)31(44)23-16-21(34)6-7-26(23)47-30-29(38-19-39-40-30)41-13-9-22(10-14-41)46-27-8-12-37-25-11-15-42(17-24(25)27)32(45)48-33(3,4)5/h6-8,12,16,19-20,22,28H,9-11,13-15,17-18H2,1-5H3. The van der Waals surface area contributed by atoms with Gasteiger partial charge in [0.1, 0.15) is 35.3 Å². The second-order valence-corrected chi connectivity index (χ2v) is 13.0. The Bertz CT molecular complexity index is 1610. The number of carbonyl (C=O) groups excluding carboxylic acids is 2. The Balaban J connectivity index is 1.27. The SMILES string of the molecule is CC(C)N(CC(F)F)C(=O)c1cc(F)ccc1Oc1nncnc1N1CCC(Oc2ccnc3c2CN(C(=O)OC(C)(C)C)CC3)CC1. The van der Waals surface area contributed by atoms with Crippen LogP contribution in [0.1, 0.15) is 69.1 Å². The van der Waals surface area contributed by atoms with Crippen LogP contribution in [0.15, 0.2) is 36.8 Å². The van der Waals surface area contributed by atoms with Crippen molar-refractivity contribution < 1.29 is 37.0 Å². The molecule has 4 heterocycles. The molecule has 3 aromatic rings. The van der Waals surface area contributed by atoms with Crippen LogP contribution >= 0.6 is 0 Å². The maximum Gasteiger partial charge on any atom is 0.410 e. The first kappa shape index (κ1) is 34.6. The summed E-state index contributed by atoms with van der Waals surface area (Å²) in [6.07, 6.45) is 1.53. The molecule has 0 unspecified atom stereocenters. The minimum Gasteiger partial charge on any atom is -0.490 e. The first-order chi connectivity index (χ1) is 22.8. The molecule has 1 fully saturated rings. The molecule has 0 atom stereocenters. The highest BCUT2D eigenvalue weighted by molar-refractivity contribution is 5.97. The Labute approximate surface area is 277 Å². The Hall–Kier alpha value is -4.69. The molecule has 2 aliphatic rings. The van der Waals surface area contributed by atoms with Crippen molar-refractivity contribution in [3.05, 3.63) is 59.4 Å². The van der Waals surface area contributed by atoms with Gasteiger partial charge in [-0.1, -0.05) is 0 Å². The van der Waals surface area contributed by atoms with Gasteiger partial charge in [-0.2, -0.15) is 0 Å². The minimum atomic E-state index is -2.77. The third-order valence-electron chi connectivity index (χ3n) is 7.93. The zero-order valence-electron chi connectivity index (χ0n) is 27.7. The molecule has 0 saturated carbocycles. The van der Waals surface area contributed by atoms with Gasteiger partial charge >= 0.3 is 6.09 Å². The summed E-state index contributed by atoms with van der Waals surface area (Å²) in [6, 6.07) is 4.56. The molecule has 258 valence electrons. The molecule has 0 spiro atoms. The summed E-state index contributed by atoms with van der Waals surface area (Å²) in [4.78, 5) is 39.5. The largest absolute Gasteiger partial charge is 0.490 e. The average molecular weight is 672 g/mol. The fourth-order valence-corrected chi connectivity index (χ4v) is 5.60. The van der Waals surface area contributed by atoms with Crippen LogP contribution in [0.25, 0.3) is 0 Å². The van der Waals surface area contributed by atoms with Crippen LogP contribution in [-0.2, 0) is 17.7 Å². The number of fused-ring (bicyclic) bond motifs is 1. The summed E-state index contributed by atoms with van der Waals surface area (Å²) < 4.78 is 58.8. The van der Waals surface area contributed by atoms with Crippen molar-refractivity contribution in [3.8, 4) is 17.4 Å². The highest BCUT2D eigenvalue weighted by atomic mass is 19.3. The van der Waals surface area contributed by atoms with E-state index in [-0.39, 0.29) is 29.4 Å². The van der Waals surface area contributed by atoms with Crippen molar-refractivity contribution in [3.63, 3.8) is 0 Å². The predicted molar refractivity (Wildman–Crippen MR) is 169 cm³/mol. The number of amides is 2. The molecule has 2 aromatic heterocycles.